The lowest BCUT2D eigenvalue weighted by atomic mass is 9.81. The van der Waals surface area contributed by atoms with E-state index in [0.717, 1.165) is 60.7 Å². The van der Waals surface area contributed by atoms with E-state index < -0.39 is 0 Å². The molecule has 1 saturated carbocycles. The fourth-order valence-electron chi connectivity index (χ4n) is 4.97. The molecule has 3 N–H and O–H groups in total. The number of fused-ring (bicyclic) bond motifs is 2. The van der Waals surface area contributed by atoms with Crippen molar-refractivity contribution in [2.24, 2.45) is 11.7 Å². The molecule has 2 aromatic heterocycles. The van der Waals surface area contributed by atoms with E-state index in [4.69, 9.17) is 15.7 Å². The van der Waals surface area contributed by atoms with Gasteiger partial charge < -0.3 is 10.6 Å². The van der Waals surface area contributed by atoms with Gasteiger partial charge in [-0.25, -0.2) is 9.97 Å². The van der Waals surface area contributed by atoms with Crippen molar-refractivity contribution in [2.75, 3.05) is 18.0 Å². The van der Waals surface area contributed by atoms with Crippen LogP contribution in [0, 0.1) is 17.2 Å². The number of benzene rings is 1. The number of nitrogens with zero attached hydrogens (tertiary/aromatic N) is 5. The number of aromatic amines is 1. The summed E-state index contributed by atoms with van der Waals surface area (Å²) in [6.45, 7) is 3.87. The Morgan fingerprint density at radius 2 is 2.07 bits per heavy atom. The summed E-state index contributed by atoms with van der Waals surface area (Å²) >= 11 is 0. The Morgan fingerprint density at radius 1 is 1.23 bits per heavy atom. The van der Waals surface area contributed by atoms with E-state index in [1.807, 2.05) is 24.4 Å². The van der Waals surface area contributed by atoms with Crippen LogP contribution in [0.25, 0.3) is 11.2 Å². The number of rotatable bonds is 3. The Hall–Kier alpha value is -2.98. The van der Waals surface area contributed by atoms with Crippen LogP contribution in [-0.2, 0) is 0 Å². The molecular weight excluding hydrogens is 374 g/mol. The highest BCUT2D eigenvalue weighted by atomic mass is 15.3. The van der Waals surface area contributed by atoms with Crippen molar-refractivity contribution < 1.29 is 0 Å². The van der Waals surface area contributed by atoms with E-state index in [-0.39, 0.29) is 0 Å². The number of hydrogen-bond acceptors (Lipinski definition) is 6. The molecule has 7 nitrogen and oxygen atoms in total. The van der Waals surface area contributed by atoms with Gasteiger partial charge in [-0.15, -0.1) is 0 Å². The van der Waals surface area contributed by atoms with Gasteiger partial charge in [0, 0.05) is 24.3 Å². The van der Waals surface area contributed by atoms with Crippen LogP contribution < -0.4 is 10.6 Å². The topological polar surface area (TPSA) is 108 Å². The first-order valence-electron chi connectivity index (χ1n) is 10.9. The second kappa shape index (κ2) is 7.69. The molecule has 0 bridgehead atoms. The Bertz CT molecular complexity index is 1100. The second-order valence-electron chi connectivity index (χ2n) is 8.72. The van der Waals surface area contributed by atoms with E-state index in [0.29, 0.717) is 23.3 Å². The monoisotopic (exact) mass is 401 g/mol. The third-order valence-electron chi connectivity index (χ3n) is 6.89. The van der Waals surface area contributed by atoms with Crippen LogP contribution in [0.2, 0.25) is 0 Å². The summed E-state index contributed by atoms with van der Waals surface area (Å²) in [6.07, 6.45) is 7.53. The first kappa shape index (κ1) is 19.0. The molecule has 30 heavy (non-hydrogen) atoms. The molecule has 1 aliphatic heterocycles. The number of nitrogens with one attached hydrogen (secondary N) is 1. The van der Waals surface area contributed by atoms with Crippen molar-refractivity contribution in [3.05, 3.63) is 41.2 Å². The molecule has 7 heteroatoms. The summed E-state index contributed by atoms with van der Waals surface area (Å²) in [5.74, 6) is 2.34. The van der Waals surface area contributed by atoms with Crippen LogP contribution in [-0.4, -0.2) is 33.3 Å². The van der Waals surface area contributed by atoms with Crippen LogP contribution in [0.5, 0.6) is 0 Å². The van der Waals surface area contributed by atoms with Crippen LogP contribution in [0.3, 0.4) is 0 Å². The maximum Gasteiger partial charge on any atom is 0.183 e. The summed E-state index contributed by atoms with van der Waals surface area (Å²) in [4.78, 5) is 11.9. The van der Waals surface area contributed by atoms with E-state index in [1.54, 1.807) is 0 Å². The van der Waals surface area contributed by atoms with Gasteiger partial charge in [0.15, 0.2) is 17.0 Å². The Labute approximate surface area is 176 Å². The van der Waals surface area contributed by atoms with Crippen molar-refractivity contribution in [3.63, 3.8) is 0 Å². The summed E-state index contributed by atoms with van der Waals surface area (Å²) in [7, 11) is 0. The summed E-state index contributed by atoms with van der Waals surface area (Å²) in [5.41, 5.74) is 11.4. The molecule has 3 aromatic rings. The fourth-order valence-corrected chi connectivity index (χ4v) is 4.97. The average molecular weight is 402 g/mol. The number of aromatic nitrogens is 4. The zero-order valence-electron chi connectivity index (χ0n) is 17.3. The average Bonchev–Trinajstić information content (AvgIpc) is 3.22. The maximum absolute atomic E-state index is 9.27. The normalized spacial score (nSPS) is 23.9. The van der Waals surface area contributed by atoms with Crippen LogP contribution in [0.15, 0.2) is 24.4 Å². The van der Waals surface area contributed by atoms with Gasteiger partial charge in [0.05, 0.1) is 17.3 Å². The molecule has 2 aliphatic rings. The first-order valence-corrected chi connectivity index (χ1v) is 10.9. The molecule has 0 radical (unpaired) electrons. The highest BCUT2D eigenvalue weighted by Crippen LogP contribution is 2.41. The van der Waals surface area contributed by atoms with Crippen molar-refractivity contribution in [2.45, 2.75) is 50.9 Å². The number of H-pyrrole nitrogens is 1. The lowest BCUT2D eigenvalue weighted by molar-refractivity contribution is 0.329. The zero-order valence-corrected chi connectivity index (χ0v) is 17.3. The predicted octanol–water partition coefficient (Wildman–Crippen LogP) is 4.10. The predicted molar refractivity (Wildman–Crippen MR) is 117 cm³/mol. The van der Waals surface area contributed by atoms with E-state index in [1.165, 1.54) is 18.4 Å². The molecule has 1 aliphatic carbocycles. The van der Waals surface area contributed by atoms with Crippen molar-refractivity contribution >= 4 is 22.7 Å². The van der Waals surface area contributed by atoms with Gasteiger partial charge in [0.2, 0.25) is 0 Å². The lowest BCUT2D eigenvalue weighted by Gasteiger charge is -2.33. The third-order valence-corrected chi connectivity index (χ3v) is 6.89. The van der Waals surface area contributed by atoms with Crippen molar-refractivity contribution in [3.8, 4) is 6.07 Å². The van der Waals surface area contributed by atoms with Gasteiger partial charge in [-0.1, -0.05) is 6.92 Å². The minimum atomic E-state index is 0.413. The minimum absolute atomic E-state index is 0.413. The number of nitriles is 1. The standard InChI is InChI=1S/C23H27N7/c1-14-8-9-30(20-7-4-16(12-25)10-18(14)20)23-21-22(28-29-23)27-19(13-26-21)17-5-2-15(11-24)3-6-17/h4,7,10,13-15,17H,2-3,5-6,8-9,11,24H2,1H3,(H,27,28,29)/t14-,15-,17-/m0/s1. The molecule has 1 aromatic carbocycles. The van der Waals surface area contributed by atoms with E-state index in [2.05, 4.69) is 28.1 Å². The zero-order chi connectivity index (χ0) is 20.7. The molecule has 154 valence electrons. The van der Waals surface area contributed by atoms with Gasteiger partial charge in [-0.05, 0) is 74.2 Å². The highest BCUT2D eigenvalue weighted by Gasteiger charge is 2.28. The molecule has 0 unspecified atom stereocenters. The van der Waals surface area contributed by atoms with Gasteiger partial charge in [-0.3, -0.25) is 5.10 Å². The van der Waals surface area contributed by atoms with Crippen LogP contribution >= 0.6 is 0 Å². The first-order chi connectivity index (χ1) is 14.7. The van der Waals surface area contributed by atoms with E-state index >= 15 is 0 Å². The van der Waals surface area contributed by atoms with Crippen molar-refractivity contribution in [1.29, 1.82) is 5.26 Å². The third kappa shape index (κ3) is 3.21. The lowest BCUT2D eigenvalue weighted by Crippen LogP contribution is -2.26. The van der Waals surface area contributed by atoms with Gasteiger partial charge in [-0.2, -0.15) is 10.4 Å². The van der Waals surface area contributed by atoms with Gasteiger partial charge in [0.1, 0.15) is 0 Å². The molecule has 5 rings (SSSR count). The second-order valence-corrected chi connectivity index (χ2v) is 8.72. The van der Waals surface area contributed by atoms with Gasteiger partial charge >= 0.3 is 0 Å². The van der Waals surface area contributed by atoms with Crippen molar-refractivity contribution in [1.82, 2.24) is 20.2 Å². The SMILES string of the molecule is C[C@H]1CCN(c2n[nH]c3nc([C@H]4CC[C@H](CN)CC4)cnc23)c2ccc(C#N)cc21. The summed E-state index contributed by atoms with van der Waals surface area (Å²) in [5, 5.41) is 17.0. The number of anilines is 2. The molecule has 0 saturated heterocycles. The Balaban J connectivity index is 1.47. The summed E-state index contributed by atoms with van der Waals surface area (Å²) in [6, 6.07) is 8.16. The molecular formula is C23H27N7. The number of hydrogen-bond donors (Lipinski definition) is 2. The molecule has 1 fully saturated rings. The quantitative estimate of drug-likeness (QED) is 0.684. The summed E-state index contributed by atoms with van der Waals surface area (Å²) < 4.78 is 0. The van der Waals surface area contributed by atoms with Gasteiger partial charge in [0.25, 0.3) is 0 Å². The molecule has 0 spiro atoms. The fraction of sp³-hybridized carbons (Fsp3) is 0.478. The smallest absolute Gasteiger partial charge is 0.183 e. The Kier molecular flexibility index (Phi) is 4.87. The largest absolute Gasteiger partial charge is 0.330 e. The molecule has 1 atom stereocenters. The van der Waals surface area contributed by atoms with Crippen LogP contribution in [0.4, 0.5) is 11.5 Å². The molecule has 0 amide bonds. The highest BCUT2D eigenvalue weighted by molar-refractivity contribution is 5.87. The van der Waals surface area contributed by atoms with E-state index in [9.17, 15) is 5.26 Å². The minimum Gasteiger partial charge on any atom is -0.330 e. The molecule has 3 heterocycles. The van der Waals surface area contributed by atoms with Crippen LogP contribution in [0.1, 0.15) is 67.7 Å². The maximum atomic E-state index is 9.27. The Morgan fingerprint density at radius 3 is 2.83 bits per heavy atom. The number of nitrogens with two attached hydrogens (primary N) is 1.